The molecule has 8 heteroatoms. The molecule has 4 atom stereocenters. The number of aliphatic hydroxyl groups excluding tert-OH is 1. The first kappa shape index (κ1) is 32.8. The zero-order valence-corrected chi connectivity index (χ0v) is 25.5. The standard InChI is InChI=1S/C27H55NO5S2/c1-9-15-24(34(30,31)26(3,4)5)22(2)20-28(18-12-10-11-13-19-29)21-23-16-14-17-25(23)35(32,33)27(6,7)8/h22-25,29H,9-21H2,1-8H3/t22-,23+,24?,25?/m1/s1. The number of sulfone groups is 2. The highest BCUT2D eigenvalue weighted by atomic mass is 32.2. The molecule has 0 bridgehead atoms. The summed E-state index contributed by atoms with van der Waals surface area (Å²) in [6.07, 6.45) is 7.79. The van der Waals surface area contributed by atoms with Crippen molar-refractivity contribution in [2.75, 3.05) is 26.2 Å². The Kier molecular flexibility index (Phi) is 12.7. The number of hydrogen-bond donors (Lipinski definition) is 1. The molecule has 0 heterocycles. The lowest BCUT2D eigenvalue weighted by Crippen LogP contribution is -2.46. The van der Waals surface area contributed by atoms with Gasteiger partial charge in [0.15, 0.2) is 19.7 Å². The van der Waals surface area contributed by atoms with E-state index in [4.69, 9.17) is 5.11 Å². The van der Waals surface area contributed by atoms with E-state index in [1.54, 1.807) is 41.5 Å². The lowest BCUT2D eigenvalue weighted by Gasteiger charge is -2.36. The van der Waals surface area contributed by atoms with E-state index in [0.29, 0.717) is 19.5 Å². The van der Waals surface area contributed by atoms with E-state index >= 15 is 0 Å². The molecule has 0 spiro atoms. The topological polar surface area (TPSA) is 91.8 Å². The summed E-state index contributed by atoms with van der Waals surface area (Å²) < 4.78 is 51.9. The Morgan fingerprint density at radius 1 is 0.914 bits per heavy atom. The van der Waals surface area contributed by atoms with Crippen molar-refractivity contribution >= 4 is 19.7 Å². The highest BCUT2D eigenvalue weighted by Crippen LogP contribution is 2.37. The fourth-order valence-electron chi connectivity index (χ4n) is 5.47. The van der Waals surface area contributed by atoms with E-state index in [0.717, 1.165) is 57.9 Å². The van der Waals surface area contributed by atoms with Gasteiger partial charge in [-0.1, -0.05) is 39.5 Å². The summed E-state index contributed by atoms with van der Waals surface area (Å²) in [5.41, 5.74) is 0. The maximum atomic E-state index is 13.4. The van der Waals surface area contributed by atoms with Crippen molar-refractivity contribution in [3.63, 3.8) is 0 Å². The van der Waals surface area contributed by atoms with E-state index in [-0.39, 0.29) is 23.7 Å². The molecule has 1 aliphatic carbocycles. The molecule has 0 aromatic heterocycles. The molecule has 0 radical (unpaired) electrons. The Hall–Kier alpha value is -0.180. The van der Waals surface area contributed by atoms with Crippen molar-refractivity contribution < 1.29 is 21.9 Å². The third-order valence-electron chi connectivity index (χ3n) is 7.72. The van der Waals surface area contributed by atoms with Gasteiger partial charge in [-0.25, -0.2) is 16.8 Å². The number of hydrogen-bond acceptors (Lipinski definition) is 6. The largest absolute Gasteiger partial charge is 0.396 e. The van der Waals surface area contributed by atoms with Crippen molar-refractivity contribution in [2.45, 2.75) is 133 Å². The zero-order chi connectivity index (χ0) is 27.1. The second-order valence-corrected chi connectivity index (χ2v) is 18.6. The summed E-state index contributed by atoms with van der Waals surface area (Å²) in [5, 5.41) is 8.36. The minimum Gasteiger partial charge on any atom is -0.396 e. The van der Waals surface area contributed by atoms with Gasteiger partial charge in [0.1, 0.15) is 0 Å². The molecule has 1 aliphatic rings. The monoisotopic (exact) mass is 537 g/mol. The van der Waals surface area contributed by atoms with Crippen molar-refractivity contribution in [3.8, 4) is 0 Å². The molecule has 1 rings (SSSR count). The molecule has 0 aromatic rings. The van der Waals surface area contributed by atoms with E-state index < -0.39 is 34.4 Å². The highest BCUT2D eigenvalue weighted by molar-refractivity contribution is 7.93. The SMILES string of the molecule is CCCC([C@H](C)CN(CCCCCCO)C[C@@H]1CCCC1S(=O)(=O)C(C)(C)C)S(=O)(=O)C(C)(C)C. The first-order valence-electron chi connectivity index (χ1n) is 13.8. The van der Waals surface area contributed by atoms with Gasteiger partial charge in [-0.05, 0) is 92.0 Å². The number of unbranched alkanes of at least 4 members (excludes halogenated alkanes) is 3. The number of nitrogens with zero attached hydrogens (tertiary/aromatic N) is 1. The first-order valence-corrected chi connectivity index (χ1v) is 16.9. The van der Waals surface area contributed by atoms with Crippen LogP contribution in [0.15, 0.2) is 0 Å². The maximum Gasteiger partial charge on any atom is 0.158 e. The van der Waals surface area contributed by atoms with Gasteiger partial charge in [0.25, 0.3) is 0 Å². The molecule has 0 amide bonds. The molecule has 1 N–H and O–H groups in total. The molecule has 0 aromatic carbocycles. The van der Waals surface area contributed by atoms with E-state index in [1.165, 1.54) is 0 Å². The van der Waals surface area contributed by atoms with Gasteiger partial charge in [-0.15, -0.1) is 0 Å². The summed E-state index contributed by atoms with van der Waals surface area (Å²) in [6.45, 7) is 17.3. The van der Waals surface area contributed by atoms with E-state index in [2.05, 4.69) is 11.8 Å². The van der Waals surface area contributed by atoms with Gasteiger partial charge in [-0.3, -0.25) is 0 Å². The normalized spacial score (nSPS) is 22.0. The third-order valence-corrected chi connectivity index (χ3v) is 14.1. The Balaban J connectivity index is 3.11. The average molecular weight is 538 g/mol. The molecule has 1 saturated carbocycles. The molecule has 2 unspecified atom stereocenters. The number of aliphatic hydroxyl groups is 1. The smallest absolute Gasteiger partial charge is 0.158 e. The molecule has 35 heavy (non-hydrogen) atoms. The van der Waals surface area contributed by atoms with Crippen LogP contribution in [-0.4, -0.2) is 73.1 Å². The third kappa shape index (κ3) is 8.96. The fourth-order valence-corrected chi connectivity index (χ4v) is 9.74. The van der Waals surface area contributed by atoms with Crippen molar-refractivity contribution in [2.24, 2.45) is 11.8 Å². The zero-order valence-electron chi connectivity index (χ0n) is 23.8. The second-order valence-electron chi connectivity index (χ2n) is 12.7. The molecule has 0 saturated heterocycles. The van der Waals surface area contributed by atoms with Crippen LogP contribution in [0.3, 0.4) is 0 Å². The Morgan fingerprint density at radius 3 is 2.03 bits per heavy atom. The first-order chi connectivity index (χ1) is 16.0. The summed E-state index contributed by atoms with van der Waals surface area (Å²) in [5.74, 6) is 0.0587. The molecular formula is C27H55NO5S2. The Bertz CT molecular complexity index is 825. The van der Waals surface area contributed by atoms with Gasteiger partial charge in [0, 0.05) is 19.7 Å². The quantitative estimate of drug-likeness (QED) is 0.287. The van der Waals surface area contributed by atoms with Gasteiger partial charge >= 0.3 is 0 Å². The lowest BCUT2D eigenvalue weighted by atomic mass is 10.0. The summed E-state index contributed by atoms with van der Waals surface area (Å²) in [4.78, 5) is 2.35. The average Bonchev–Trinajstić information content (AvgIpc) is 3.18. The highest BCUT2D eigenvalue weighted by Gasteiger charge is 2.45. The molecule has 0 aliphatic heterocycles. The second kappa shape index (κ2) is 13.6. The van der Waals surface area contributed by atoms with Gasteiger partial charge in [0.2, 0.25) is 0 Å². The molecule has 6 nitrogen and oxygen atoms in total. The summed E-state index contributed by atoms with van der Waals surface area (Å²) in [6, 6.07) is 0. The van der Waals surface area contributed by atoms with Crippen molar-refractivity contribution in [3.05, 3.63) is 0 Å². The summed E-state index contributed by atoms with van der Waals surface area (Å²) >= 11 is 0. The van der Waals surface area contributed by atoms with Crippen molar-refractivity contribution in [1.82, 2.24) is 4.90 Å². The lowest BCUT2D eigenvalue weighted by molar-refractivity contribution is 0.194. The van der Waals surface area contributed by atoms with Crippen LogP contribution < -0.4 is 0 Å². The number of rotatable bonds is 15. The van der Waals surface area contributed by atoms with Crippen LogP contribution in [0.2, 0.25) is 0 Å². The van der Waals surface area contributed by atoms with Crippen LogP contribution in [-0.2, 0) is 19.7 Å². The van der Waals surface area contributed by atoms with Crippen LogP contribution >= 0.6 is 0 Å². The van der Waals surface area contributed by atoms with Crippen LogP contribution in [0.4, 0.5) is 0 Å². The van der Waals surface area contributed by atoms with Gasteiger partial charge in [0.05, 0.1) is 20.0 Å². The predicted molar refractivity (Wildman–Crippen MR) is 148 cm³/mol. The fraction of sp³-hybridized carbons (Fsp3) is 1.00. The van der Waals surface area contributed by atoms with Crippen LogP contribution in [0.5, 0.6) is 0 Å². The Labute approximate surface area is 217 Å². The molecule has 210 valence electrons. The minimum absolute atomic E-state index is 0.0318. The minimum atomic E-state index is -3.31. The van der Waals surface area contributed by atoms with E-state index in [1.807, 2.05) is 6.92 Å². The predicted octanol–water partition coefficient (Wildman–Crippen LogP) is 5.24. The maximum absolute atomic E-state index is 13.4. The summed E-state index contributed by atoms with van der Waals surface area (Å²) in [7, 11) is -6.56. The molecular weight excluding hydrogens is 482 g/mol. The van der Waals surface area contributed by atoms with Crippen LogP contribution in [0.1, 0.15) is 113 Å². The van der Waals surface area contributed by atoms with Crippen molar-refractivity contribution in [1.29, 1.82) is 0 Å². The Morgan fingerprint density at radius 2 is 1.51 bits per heavy atom. The van der Waals surface area contributed by atoms with E-state index in [9.17, 15) is 16.8 Å². The van der Waals surface area contributed by atoms with Crippen LogP contribution in [0, 0.1) is 11.8 Å². The van der Waals surface area contributed by atoms with Gasteiger partial charge in [-0.2, -0.15) is 0 Å². The van der Waals surface area contributed by atoms with Crippen LogP contribution in [0.25, 0.3) is 0 Å². The molecule has 1 fully saturated rings. The van der Waals surface area contributed by atoms with Gasteiger partial charge < -0.3 is 10.0 Å².